The van der Waals surface area contributed by atoms with Crippen molar-refractivity contribution in [1.29, 1.82) is 0 Å². The Morgan fingerprint density at radius 3 is 2.50 bits per heavy atom. The molecule has 3 aromatic heterocycles. The van der Waals surface area contributed by atoms with Crippen molar-refractivity contribution < 1.29 is 0 Å². The van der Waals surface area contributed by atoms with Crippen LogP contribution in [0.25, 0.3) is 10.8 Å². The Morgan fingerprint density at radius 2 is 1.79 bits per heavy atom. The molecule has 6 nitrogen and oxygen atoms in total. The van der Waals surface area contributed by atoms with Crippen LogP contribution in [-0.2, 0) is 0 Å². The summed E-state index contributed by atoms with van der Waals surface area (Å²) in [6.45, 7) is 1.80. The van der Waals surface area contributed by atoms with Gasteiger partial charge in [-0.1, -0.05) is 0 Å². The first kappa shape index (κ1) is 14.0. The van der Waals surface area contributed by atoms with Gasteiger partial charge in [0.2, 0.25) is 0 Å². The summed E-state index contributed by atoms with van der Waals surface area (Å²) in [4.78, 5) is 24.6. The summed E-state index contributed by atoms with van der Waals surface area (Å²) < 4.78 is 0. The van der Waals surface area contributed by atoms with Gasteiger partial charge in [0.15, 0.2) is 10.8 Å². The monoisotopic (exact) mass is 336 g/mol. The van der Waals surface area contributed by atoms with E-state index in [9.17, 15) is 0 Å². The molecule has 7 heteroatoms. The van der Waals surface area contributed by atoms with Crippen molar-refractivity contribution in [3.8, 4) is 10.8 Å². The van der Waals surface area contributed by atoms with E-state index in [1.807, 2.05) is 23.8 Å². The van der Waals surface area contributed by atoms with E-state index in [2.05, 4.69) is 29.8 Å². The minimum Gasteiger partial charge on any atom is -0.355 e. The summed E-state index contributed by atoms with van der Waals surface area (Å²) in [6.07, 6.45) is 10.2. The molecule has 0 bridgehead atoms. The van der Waals surface area contributed by atoms with Crippen LogP contribution in [0.2, 0.25) is 0 Å². The lowest BCUT2D eigenvalue weighted by molar-refractivity contribution is 0.495. The Labute approximate surface area is 143 Å². The van der Waals surface area contributed by atoms with E-state index in [0.29, 0.717) is 17.7 Å². The maximum Gasteiger partial charge on any atom is 0.190 e. The van der Waals surface area contributed by atoms with E-state index in [0.717, 1.165) is 29.7 Å². The van der Waals surface area contributed by atoms with Crippen molar-refractivity contribution in [3.05, 3.63) is 47.6 Å². The zero-order valence-corrected chi connectivity index (χ0v) is 13.9. The normalized spacial score (nSPS) is 17.8. The van der Waals surface area contributed by atoms with Crippen molar-refractivity contribution >= 4 is 17.2 Å². The summed E-state index contributed by atoms with van der Waals surface area (Å²) in [5, 5.41) is 2.79. The fourth-order valence-corrected chi connectivity index (χ4v) is 3.55. The number of nitrogens with zero attached hydrogens (tertiary/aromatic N) is 6. The maximum absolute atomic E-state index is 4.63. The SMILES string of the molecule is c1cc(N2CC(c3ncc(C4CC4)cn3)C2)nc(-c2nccs2)n1. The molecule has 0 N–H and O–H groups in total. The third-order valence-corrected chi connectivity index (χ3v) is 5.34. The zero-order valence-electron chi connectivity index (χ0n) is 13.0. The Morgan fingerprint density at radius 1 is 0.958 bits per heavy atom. The van der Waals surface area contributed by atoms with E-state index in [-0.39, 0.29) is 0 Å². The molecule has 0 aromatic carbocycles. The average Bonchev–Trinajstić information content (AvgIpc) is 3.29. The summed E-state index contributed by atoms with van der Waals surface area (Å²) in [5.41, 5.74) is 1.29. The maximum atomic E-state index is 4.63. The van der Waals surface area contributed by atoms with Crippen LogP contribution >= 0.6 is 11.3 Å². The van der Waals surface area contributed by atoms with E-state index < -0.39 is 0 Å². The summed E-state index contributed by atoms with van der Waals surface area (Å²) in [5.74, 6) is 3.68. The lowest BCUT2D eigenvalue weighted by Crippen LogP contribution is -2.46. The second-order valence-electron chi connectivity index (χ2n) is 6.33. The van der Waals surface area contributed by atoms with Gasteiger partial charge in [-0.3, -0.25) is 0 Å². The highest BCUT2D eigenvalue weighted by Crippen LogP contribution is 2.39. The Kier molecular flexibility index (Phi) is 3.26. The first-order valence-electron chi connectivity index (χ1n) is 8.16. The largest absolute Gasteiger partial charge is 0.355 e. The van der Waals surface area contributed by atoms with Gasteiger partial charge in [0.25, 0.3) is 0 Å². The minimum atomic E-state index is 0.386. The van der Waals surface area contributed by atoms with E-state index in [1.54, 1.807) is 23.7 Å². The Balaban J connectivity index is 1.28. The molecule has 24 heavy (non-hydrogen) atoms. The predicted octanol–water partition coefficient (Wildman–Crippen LogP) is 2.87. The predicted molar refractivity (Wildman–Crippen MR) is 92.1 cm³/mol. The smallest absolute Gasteiger partial charge is 0.190 e. The first-order valence-corrected chi connectivity index (χ1v) is 9.04. The van der Waals surface area contributed by atoms with Gasteiger partial charge in [-0.2, -0.15) is 0 Å². The first-order chi connectivity index (χ1) is 11.9. The van der Waals surface area contributed by atoms with Crippen LogP contribution in [0.15, 0.2) is 36.2 Å². The average molecular weight is 336 g/mol. The van der Waals surface area contributed by atoms with E-state index in [4.69, 9.17) is 0 Å². The molecular weight excluding hydrogens is 320 g/mol. The number of aromatic nitrogens is 5. The van der Waals surface area contributed by atoms with Gasteiger partial charge >= 0.3 is 0 Å². The van der Waals surface area contributed by atoms with Crippen LogP contribution < -0.4 is 4.90 Å². The van der Waals surface area contributed by atoms with Crippen molar-refractivity contribution in [1.82, 2.24) is 24.9 Å². The number of anilines is 1. The molecule has 1 saturated heterocycles. The lowest BCUT2D eigenvalue weighted by atomic mass is 9.99. The van der Waals surface area contributed by atoms with Crippen molar-refractivity contribution in [2.45, 2.75) is 24.7 Å². The minimum absolute atomic E-state index is 0.386. The standard InChI is InChI=1S/C17H16N6S/c1-2-11(1)12-7-20-15(21-8-12)13-9-23(10-13)14-3-4-18-16(22-14)17-19-5-6-24-17/h3-8,11,13H,1-2,9-10H2. The van der Waals surface area contributed by atoms with E-state index >= 15 is 0 Å². The highest BCUT2D eigenvalue weighted by molar-refractivity contribution is 7.13. The molecular formula is C17H16N6S. The number of hydrogen-bond acceptors (Lipinski definition) is 7. The Bertz CT molecular complexity index is 838. The summed E-state index contributed by atoms with van der Waals surface area (Å²) in [7, 11) is 0. The van der Waals surface area contributed by atoms with Crippen LogP contribution in [0.5, 0.6) is 0 Å². The molecule has 3 aromatic rings. The van der Waals surface area contributed by atoms with Gasteiger partial charge in [-0.05, 0) is 30.4 Å². The molecule has 0 radical (unpaired) electrons. The van der Waals surface area contributed by atoms with Crippen LogP contribution in [-0.4, -0.2) is 38.0 Å². The molecule has 120 valence electrons. The number of hydrogen-bond donors (Lipinski definition) is 0. The quantitative estimate of drug-likeness (QED) is 0.730. The molecule has 1 aliphatic heterocycles. The van der Waals surface area contributed by atoms with Gasteiger partial charge in [0, 0.05) is 43.3 Å². The van der Waals surface area contributed by atoms with Gasteiger partial charge in [0.05, 0.1) is 5.92 Å². The lowest BCUT2D eigenvalue weighted by Gasteiger charge is -2.39. The second-order valence-corrected chi connectivity index (χ2v) is 7.22. The third-order valence-electron chi connectivity index (χ3n) is 4.58. The highest BCUT2D eigenvalue weighted by atomic mass is 32.1. The Hall–Kier alpha value is -2.41. The molecule has 2 fully saturated rings. The summed E-state index contributed by atoms with van der Waals surface area (Å²) >= 11 is 1.55. The molecule has 5 rings (SSSR count). The van der Waals surface area contributed by atoms with Gasteiger partial charge in [-0.15, -0.1) is 11.3 Å². The molecule has 0 unspecified atom stereocenters. The van der Waals surface area contributed by atoms with Crippen LogP contribution in [0, 0.1) is 0 Å². The fraction of sp³-hybridized carbons (Fsp3) is 0.353. The molecule has 0 spiro atoms. The zero-order chi connectivity index (χ0) is 15.9. The van der Waals surface area contributed by atoms with Crippen molar-refractivity contribution in [2.24, 2.45) is 0 Å². The molecule has 0 atom stereocenters. The molecule has 2 aliphatic rings. The molecule has 4 heterocycles. The third kappa shape index (κ3) is 2.54. The highest BCUT2D eigenvalue weighted by Gasteiger charge is 2.32. The number of rotatable bonds is 4. The van der Waals surface area contributed by atoms with Crippen molar-refractivity contribution in [3.63, 3.8) is 0 Å². The van der Waals surface area contributed by atoms with Crippen LogP contribution in [0.4, 0.5) is 5.82 Å². The van der Waals surface area contributed by atoms with Gasteiger partial charge in [-0.25, -0.2) is 24.9 Å². The van der Waals surface area contributed by atoms with Gasteiger partial charge in [0.1, 0.15) is 11.6 Å². The van der Waals surface area contributed by atoms with Crippen LogP contribution in [0.3, 0.4) is 0 Å². The van der Waals surface area contributed by atoms with Crippen molar-refractivity contribution in [2.75, 3.05) is 18.0 Å². The van der Waals surface area contributed by atoms with Gasteiger partial charge < -0.3 is 4.90 Å². The van der Waals surface area contributed by atoms with Crippen LogP contribution in [0.1, 0.15) is 36.1 Å². The molecule has 0 amide bonds. The fourth-order valence-electron chi connectivity index (χ4n) is 2.98. The van der Waals surface area contributed by atoms with E-state index in [1.165, 1.54) is 18.4 Å². The topological polar surface area (TPSA) is 67.7 Å². The molecule has 1 aliphatic carbocycles. The summed E-state index contributed by atoms with van der Waals surface area (Å²) in [6, 6.07) is 1.95. The second kappa shape index (κ2) is 5.59. The number of thiazole rings is 1. The molecule has 1 saturated carbocycles.